The van der Waals surface area contributed by atoms with E-state index in [9.17, 15) is 4.79 Å². The number of Topliss-reactive ketones (excluding diaryl/α,β-unsaturated/α-hetero) is 1. The minimum atomic E-state index is -0.0254. The lowest BCUT2D eigenvalue weighted by Gasteiger charge is -2.38. The van der Waals surface area contributed by atoms with Gasteiger partial charge in [-0.2, -0.15) is 0 Å². The Hall–Kier alpha value is -2.51. The lowest BCUT2D eigenvalue weighted by Crippen LogP contribution is -2.47. The van der Waals surface area contributed by atoms with Crippen molar-refractivity contribution in [3.05, 3.63) is 47.3 Å². The number of carbonyl (C=O) groups is 1. The first kappa shape index (κ1) is 19.8. The van der Waals surface area contributed by atoms with E-state index in [1.165, 1.54) is 11.1 Å². The van der Waals surface area contributed by atoms with Gasteiger partial charge in [0.25, 0.3) is 0 Å². The van der Waals surface area contributed by atoms with Gasteiger partial charge in [-0.05, 0) is 30.5 Å². The van der Waals surface area contributed by atoms with Gasteiger partial charge in [0, 0.05) is 64.1 Å². The first-order valence-electron chi connectivity index (χ1n) is 10.4. The number of ether oxygens (including phenoxy) is 1. The van der Waals surface area contributed by atoms with Gasteiger partial charge in [-0.25, -0.2) is 9.97 Å². The Labute approximate surface area is 171 Å². The summed E-state index contributed by atoms with van der Waals surface area (Å²) in [6.07, 6.45) is 5.00. The number of benzene rings is 1. The standard InChI is InChI=1S/C22H28N4O3/c1-16(18-5-4-17-6-12-29-21(17)13-18)25-7-9-26(10-8-25)22-23-14-19(15-24-22)20(28)3-2-11-27/h4-5,13-16,27H,2-3,6-12H2,1H3. The van der Waals surface area contributed by atoms with Crippen molar-refractivity contribution >= 4 is 11.7 Å². The van der Waals surface area contributed by atoms with Crippen LogP contribution in [0, 0.1) is 0 Å². The molecule has 29 heavy (non-hydrogen) atoms. The number of hydrogen-bond acceptors (Lipinski definition) is 7. The number of aliphatic hydroxyl groups excluding tert-OH is 1. The Morgan fingerprint density at radius 1 is 1.21 bits per heavy atom. The van der Waals surface area contributed by atoms with Crippen LogP contribution in [0.1, 0.15) is 47.3 Å². The van der Waals surface area contributed by atoms with Gasteiger partial charge in [0.2, 0.25) is 5.95 Å². The minimum absolute atomic E-state index is 0.0197. The maximum atomic E-state index is 12.0. The summed E-state index contributed by atoms with van der Waals surface area (Å²) < 4.78 is 5.72. The summed E-state index contributed by atoms with van der Waals surface area (Å²) in [5, 5.41) is 8.85. The first-order valence-corrected chi connectivity index (χ1v) is 10.4. The molecule has 1 atom stereocenters. The van der Waals surface area contributed by atoms with Crippen LogP contribution in [-0.4, -0.2) is 65.2 Å². The van der Waals surface area contributed by atoms with Gasteiger partial charge in [-0.3, -0.25) is 9.69 Å². The van der Waals surface area contributed by atoms with E-state index in [2.05, 4.69) is 44.9 Å². The molecule has 7 nitrogen and oxygen atoms in total. The Morgan fingerprint density at radius 3 is 2.69 bits per heavy atom. The van der Waals surface area contributed by atoms with Crippen LogP contribution in [0.4, 0.5) is 5.95 Å². The highest BCUT2D eigenvalue weighted by atomic mass is 16.5. The average molecular weight is 396 g/mol. The Bertz CT molecular complexity index is 848. The molecule has 4 rings (SSSR count). The largest absolute Gasteiger partial charge is 0.493 e. The topological polar surface area (TPSA) is 78.8 Å². The molecule has 0 aliphatic carbocycles. The number of aliphatic hydroxyl groups is 1. The van der Waals surface area contributed by atoms with Crippen molar-refractivity contribution in [1.82, 2.24) is 14.9 Å². The van der Waals surface area contributed by atoms with Crippen molar-refractivity contribution in [2.45, 2.75) is 32.2 Å². The second kappa shape index (κ2) is 8.88. The Kier molecular flexibility index (Phi) is 6.06. The third-order valence-corrected chi connectivity index (χ3v) is 5.87. The van der Waals surface area contributed by atoms with Crippen LogP contribution in [0.2, 0.25) is 0 Å². The summed E-state index contributed by atoms with van der Waals surface area (Å²) in [6.45, 7) is 6.62. The fraction of sp³-hybridized carbons (Fsp3) is 0.500. The molecular weight excluding hydrogens is 368 g/mol. The number of anilines is 1. The van der Waals surface area contributed by atoms with Gasteiger partial charge in [0.15, 0.2) is 5.78 Å². The number of ketones is 1. The normalized spacial score (nSPS) is 17.7. The Morgan fingerprint density at radius 2 is 1.97 bits per heavy atom. The van der Waals surface area contributed by atoms with E-state index in [4.69, 9.17) is 9.84 Å². The fourth-order valence-corrected chi connectivity index (χ4v) is 3.98. The van der Waals surface area contributed by atoms with Crippen LogP contribution in [0.25, 0.3) is 0 Å². The molecule has 7 heteroatoms. The molecule has 0 bridgehead atoms. The van der Waals surface area contributed by atoms with E-state index in [0.717, 1.165) is 45.0 Å². The molecule has 1 saturated heterocycles. The second-order valence-corrected chi connectivity index (χ2v) is 7.69. The summed E-state index contributed by atoms with van der Waals surface area (Å²) in [7, 11) is 0. The summed E-state index contributed by atoms with van der Waals surface area (Å²) >= 11 is 0. The third-order valence-electron chi connectivity index (χ3n) is 5.87. The number of carbonyl (C=O) groups excluding carboxylic acids is 1. The zero-order chi connectivity index (χ0) is 20.2. The van der Waals surface area contributed by atoms with Gasteiger partial charge in [-0.1, -0.05) is 12.1 Å². The number of nitrogens with zero attached hydrogens (tertiary/aromatic N) is 4. The van der Waals surface area contributed by atoms with Crippen LogP contribution < -0.4 is 9.64 Å². The maximum Gasteiger partial charge on any atom is 0.225 e. The van der Waals surface area contributed by atoms with Crippen LogP contribution in [0.3, 0.4) is 0 Å². The van der Waals surface area contributed by atoms with Gasteiger partial charge in [-0.15, -0.1) is 0 Å². The number of rotatable bonds is 7. The van der Waals surface area contributed by atoms with Crippen molar-refractivity contribution in [2.24, 2.45) is 0 Å². The molecule has 0 spiro atoms. The predicted octanol–water partition coefficient (Wildman–Crippen LogP) is 2.25. The maximum absolute atomic E-state index is 12.0. The zero-order valence-corrected chi connectivity index (χ0v) is 16.9. The summed E-state index contributed by atoms with van der Waals surface area (Å²) in [5.74, 6) is 1.68. The van der Waals surface area contributed by atoms with Gasteiger partial charge in [0.1, 0.15) is 5.75 Å². The number of fused-ring (bicyclic) bond motifs is 1. The van der Waals surface area contributed by atoms with E-state index in [-0.39, 0.29) is 12.4 Å². The number of piperazine rings is 1. The van der Waals surface area contributed by atoms with Crippen LogP contribution in [-0.2, 0) is 6.42 Å². The average Bonchev–Trinajstić information content (AvgIpc) is 3.25. The smallest absolute Gasteiger partial charge is 0.225 e. The lowest BCUT2D eigenvalue weighted by molar-refractivity contribution is 0.0970. The van der Waals surface area contributed by atoms with Crippen molar-refractivity contribution in [3.63, 3.8) is 0 Å². The summed E-state index contributed by atoms with van der Waals surface area (Å²) in [6, 6.07) is 6.94. The van der Waals surface area contributed by atoms with Crippen molar-refractivity contribution in [3.8, 4) is 5.75 Å². The quantitative estimate of drug-likeness (QED) is 0.719. The van der Waals surface area contributed by atoms with E-state index in [1.54, 1.807) is 12.4 Å². The molecule has 1 N–H and O–H groups in total. The van der Waals surface area contributed by atoms with Gasteiger partial charge >= 0.3 is 0 Å². The molecule has 1 fully saturated rings. The fourth-order valence-electron chi connectivity index (χ4n) is 3.98. The molecule has 1 aromatic heterocycles. The second-order valence-electron chi connectivity index (χ2n) is 7.69. The van der Waals surface area contributed by atoms with Crippen molar-refractivity contribution in [2.75, 3.05) is 44.3 Å². The molecule has 2 aliphatic heterocycles. The molecule has 2 aromatic rings. The minimum Gasteiger partial charge on any atom is -0.493 e. The SMILES string of the molecule is CC(c1ccc2c(c1)OCC2)N1CCN(c2ncc(C(=O)CCCO)cn2)CC1. The van der Waals surface area contributed by atoms with E-state index >= 15 is 0 Å². The third kappa shape index (κ3) is 4.41. The number of aromatic nitrogens is 2. The van der Waals surface area contributed by atoms with Gasteiger partial charge < -0.3 is 14.7 Å². The zero-order valence-electron chi connectivity index (χ0n) is 16.9. The highest BCUT2D eigenvalue weighted by Gasteiger charge is 2.24. The van der Waals surface area contributed by atoms with Crippen LogP contribution in [0.5, 0.6) is 5.75 Å². The monoisotopic (exact) mass is 396 g/mol. The van der Waals surface area contributed by atoms with E-state index < -0.39 is 0 Å². The molecule has 0 radical (unpaired) electrons. The van der Waals surface area contributed by atoms with Crippen molar-refractivity contribution < 1.29 is 14.6 Å². The predicted molar refractivity (Wildman–Crippen MR) is 111 cm³/mol. The van der Waals surface area contributed by atoms with Crippen LogP contribution >= 0.6 is 0 Å². The molecule has 1 unspecified atom stereocenters. The molecule has 2 aliphatic rings. The molecular formula is C22H28N4O3. The van der Waals surface area contributed by atoms with E-state index in [0.29, 0.717) is 30.4 Å². The van der Waals surface area contributed by atoms with Gasteiger partial charge in [0.05, 0.1) is 12.2 Å². The van der Waals surface area contributed by atoms with E-state index in [1.807, 2.05) is 0 Å². The molecule has 1 aromatic carbocycles. The molecule has 3 heterocycles. The Balaban J connectivity index is 1.33. The first-order chi connectivity index (χ1) is 14.2. The van der Waals surface area contributed by atoms with Crippen molar-refractivity contribution in [1.29, 1.82) is 0 Å². The highest BCUT2D eigenvalue weighted by Crippen LogP contribution is 2.31. The molecule has 0 saturated carbocycles. The van der Waals surface area contributed by atoms with Crippen LogP contribution in [0.15, 0.2) is 30.6 Å². The number of hydrogen-bond donors (Lipinski definition) is 1. The molecule has 154 valence electrons. The highest BCUT2D eigenvalue weighted by molar-refractivity contribution is 5.95. The lowest BCUT2D eigenvalue weighted by atomic mass is 10.0. The summed E-state index contributed by atoms with van der Waals surface area (Å²) in [4.78, 5) is 25.4. The summed E-state index contributed by atoms with van der Waals surface area (Å²) in [5.41, 5.74) is 3.11. The molecule has 0 amide bonds.